The third-order valence-corrected chi connectivity index (χ3v) is 6.37. The Bertz CT molecular complexity index is 1330. The minimum Gasteiger partial charge on any atom is -0.383 e. The van der Waals surface area contributed by atoms with Crippen LogP contribution in [0.2, 0.25) is 0 Å². The number of fused-ring (bicyclic) bond motifs is 1. The molecule has 3 heterocycles. The number of benzene rings is 2. The Kier molecular flexibility index (Phi) is 7.33. The molecule has 1 amide bonds. The first-order valence-electron chi connectivity index (χ1n) is 11.7. The van der Waals surface area contributed by atoms with Crippen molar-refractivity contribution in [2.45, 2.75) is 38.6 Å². The van der Waals surface area contributed by atoms with Crippen molar-refractivity contribution in [3.63, 3.8) is 0 Å². The molecular formula is C26H30ClN7O. The molecule has 1 saturated heterocycles. The molecule has 8 nitrogen and oxygen atoms in total. The number of halogens is 1. The van der Waals surface area contributed by atoms with Crippen molar-refractivity contribution in [1.82, 2.24) is 25.1 Å². The van der Waals surface area contributed by atoms with Crippen LogP contribution in [0.1, 0.15) is 54.6 Å². The zero-order chi connectivity index (χ0) is 23.7. The molecule has 0 aliphatic carbocycles. The molecule has 0 unspecified atom stereocenters. The third-order valence-electron chi connectivity index (χ3n) is 6.37. The van der Waals surface area contributed by atoms with Crippen molar-refractivity contribution in [2.24, 2.45) is 0 Å². The zero-order valence-electron chi connectivity index (χ0n) is 19.9. The number of hydrogen-bond acceptors (Lipinski definition) is 6. The fraction of sp³-hybridized carbons (Fsp3) is 0.308. The van der Waals surface area contributed by atoms with E-state index in [1.165, 1.54) is 11.9 Å². The SMILES string of the molecule is CC(C)c1ccc(NC(=O)c2cccc(-c3nn([C@@H]4CCCNC4)c4ncnc(N)c34)c2)cc1.Cl. The van der Waals surface area contributed by atoms with E-state index in [9.17, 15) is 4.79 Å². The molecule has 1 aliphatic rings. The minimum absolute atomic E-state index is 0. The van der Waals surface area contributed by atoms with E-state index in [1.54, 1.807) is 6.07 Å². The molecule has 0 saturated carbocycles. The first-order valence-corrected chi connectivity index (χ1v) is 11.7. The molecule has 4 N–H and O–H groups in total. The van der Waals surface area contributed by atoms with Crippen molar-refractivity contribution < 1.29 is 4.79 Å². The number of aromatic nitrogens is 4. The van der Waals surface area contributed by atoms with E-state index in [-0.39, 0.29) is 24.4 Å². The molecule has 0 radical (unpaired) electrons. The van der Waals surface area contributed by atoms with E-state index in [1.807, 2.05) is 47.1 Å². The highest BCUT2D eigenvalue weighted by molar-refractivity contribution is 6.06. The highest BCUT2D eigenvalue weighted by Gasteiger charge is 2.24. The summed E-state index contributed by atoms with van der Waals surface area (Å²) in [5.74, 6) is 0.649. The Hall–Kier alpha value is -3.49. The Morgan fingerprint density at radius 1 is 1.17 bits per heavy atom. The first kappa shape index (κ1) is 24.6. The van der Waals surface area contributed by atoms with Gasteiger partial charge in [0.25, 0.3) is 5.91 Å². The maximum Gasteiger partial charge on any atom is 0.255 e. The fourth-order valence-electron chi connectivity index (χ4n) is 4.46. The van der Waals surface area contributed by atoms with Gasteiger partial charge in [0.05, 0.1) is 11.4 Å². The first-order chi connectivity index (χ1) is 16.5. The van der Waals surface area contributed by atoms with Crippen LogP contribution in [-0.2, 0) is 0 Å². The van der Waals surface area contributed by atoms with E-state index in [2.05, 4.69) is 34.4 Å². The Labute approximate surface area is 210 Å². The Morgan fingerprint density at radius 3 is 2.69 bits per heavy atom. The summed E-state index contributed by atoms with van der Waals surface area (Å²) in [5, 5.41) is 12.1. The van der Waals surface area contributed by atoms with Crippen LogP contribution < -0.4 is 16.4 Å². The van der Waals surface area contributed by atoms with Gasteiger partial charge in [-0.2, -0.15) is 5.10 Å². The normalized spacial score (nSPS) is 15.7. The summed E-state index contributed by atoms with van der Waals surface area (Å²) in [6, 6.07) is 15.6. The molecule has 2 aromatic heterocycles. The van der Waals surface area contributed by atoms with Crippen LogP contribution in [0.25, 0.3) is 22.3 Å². The van der Waals surface area contributed by atoms with Gasteiger partial charge in [0.2, 0.25) is 0 Å². The van der Waals surface area contributed by atoms with Crippen molar-refractivity contribution in [3.8, 4) is 11.3 Å². The standard InChI is InChI=1S/C26H29N7O.ClH/c1-16(2)17-8-10-20(11-9-17)31-26(34)19-6-3-5-18(13-19)23-22-24(27)29-15-30-25(22)33(32-23)21-7-4-12-28-14-21;/h3,5-6,8-11,13,15-16,21,28H,4,7,12,14H2,1-2H3,(H,31,34)(H2,27,29,30);1H/t21-;/m1./s1. The van der Waals surface area contributed by atoms with Gasteiger partial charge in [0, 0.05) is 23.4 Å². The molecule has 2 aromatic carbocycles. The number of hydrogen-bond donors (Lipinski definition) is 3. The van der Waals surface area contributed by atoms with E-state index in [0.29, 0.717) is 23.0 Å². The molecule has 35 heavy (non-hydrogen) atoms. The molecule has 4 aromatic rings. The van der Waals surface area contributed by atoms with E-state index in [0.717, 1.165) is 48.2 Å². The molecule has 0 bridgehead atoms. The number of amides is 1. The highest BCUT2D eigenvalue weighted by Crippen LogP contribution is 2.33. The number of rotatable bonds is 5. The third kappa shape index (κ3) is 4.99. The predicted molar refractivity (Wildman–Crippen MR) is 142 cm³/mol. The fourth-order valence-corrected chi connectivity index (χ4v) is 4.46. The molecule has 182 valence electrons. The Morgan fingerprint density at radius 2 is 1.97 bits per heavy atom. The van der Waals surface area contributed by atoms with Gasteiger partial charge in [-0.3, -0.25) is 4.79 Å². The quantitative estimate of drug-likeness (QED) is 0.370. The van der Waals surface area contributed by atoms with Gasteiger partial charge >= 0.3 is 0 Å². The molecule has 0 spiro atoms. The van der Waals surface area contributed by atoms with E-state index >= 15 is 0 Å². The lowest BCUT2D eigenvalue weighted by Crippen LogP contribution is -2.32. The molecule has 1 aliphatic heterocycles. The smallest absolute Gasteiger partial charge is 0.255 e. The van der Waals surface area contributed by atoms with Crippen LogP contribution >= 0.6 is 12.4 Å². The highest BCUT2D eigenvalue weighted by atomic mass is 35.5. The number of piperidine rings is 1. The molecular weight excluding hydrogens is 462 g/mol. The van der Waals surface area contributed by atoms with Gasteiger partial charge < -0.3 is 16.4 Å². The number of nitrogen functional groups attached to an aromatic ring is 1. The van der Waals surface area contributed by atoms with E-state index < -0.39 is 0 Å². The maximum atomic E-state index is 13.0. The Balaban J connectivity index is 0.00000289. The van der Waals surface area contributed by atoms with Gasteiger partial charge in [-0.15, -0.1) is 12.4 Å². The molecule has 9 heteroatoms. The van der Waals surface area contributed by atoms with Crippen LogP contribution in [0.15, 0.2) is 54.9 Å². The number of carbonyl (C=O) groups is 1. The minimum atomic E-state index is -0.177. The molecule has 1 fully saturated rings. The van der Waals surface area contributed by atoms with Crippen LogP contribution in [-0.4, -0.2) is 38.7 Å². The summed E-state index contributed by atoms with van der Waals surface area (Å²) in [6.07, 6.45) is 3.57. The summed E-state index contributed by atoms with van der Waals surface area (Å²) >= 11 is 0. The number of nitrogens with two attached hydrogens (primary N) is 1. The molecule has 5 rings (SSSR count). The number of anilines is 2. The van der Waals surface area contributed by atoms with Crippen LogP contribution in [0.5, 0.6) is 0 Å². The average molecular weight is 492 g/mol. The topological polar surface area (TPSA) is 111 Å². The van der Waals surface area contributed by atoms with Crippen molar-refractivity contribution in [1.29, 1.82) is 0 Å². The summed E-state index contributed by atoms with van der Waals surface area (Å²) in [7, 11) is 0. The lowest BCUT2D eigenvalue weighted by Gasteiger charge is -2.23. The van der Waals surface area contributed by atoms with Crippen molar-refractivity contribution in [3.05, 3.63) is 66.0 Å². The van der Waals surface area contributed by atoms with Crippen LogP contribution in [0, 0.1) is 0 Å². The largest absolute Gasteiger partial charge is 0.383 e. The molecule has 1 atom stereocenters. The second-order valence-electron chi connectivity index (χ2n) is 9.06. The maximum absolute atomic E-state index is 13.0. The monoisotopic (exact) mass is 491 g/mol. The van der Waals surface area contributed by atoms with Crippen molar-refractivity contribution in [2.75, 3.05) is 24.1 Å². The zero-order valence-corrected chi connectivity index (χ0v) is 20.7. The van der Waals surface area contributed by atoms with Gasteiger partial charge in [0.1, 0.15) is 17.8 Å². The van der Waals surface area contributed by atoms with Gasteiger partial charge in [0.15, 0.2) is 5.65 Å². The summed E-state index contributed by atoms with van der Waals surface area (Å²) in [4.78, 5) is 21.7. The number of carbonyl (C=O) groups excluding carboxylic acids is 1. The van der Waals surface area contributed by atoms with Gasteiger partial charge in [-0.05, 0) is 55.1 Å². The second kappa shape index (κ2) is 10.4. The number of nitrogens with zero attached hydrogens (tertiary/aromatic N) is 4. The van der Waals surface area contributed by atoms with Crippen LogP contribution in [0.4, 0.5) is 11.5 Å². The van der Waals surface area contributed by atoms with Crippen molar-refractivity contribution >= 4 is 40.9 Å². The average Bonchev–Trinajstić information content (AvgIpc) is 3.26. The van der Waals surface area contributed by atoms with E-state index in [4.69, 9.17) is 10.8 Å². The predicted octanol–water partition coefficient (Wildman–Crippen LogP) is 4.80. The van der Waals surface area contributed by atoms with Gasteiger partial charge in [-0.1, -0.05) is 38.1 Å². The summed E-state index contributed by atoms with van der Waals surface area (Å²) in [5.41, 5.74) is 11.0. The number of nitrogens with one attached hydrogen (secondary N) is 2. The van der Waals surface area contributed by atoms with Crippen LogP contribution in [0.3, 0.4) is 0 Å². The summed E-state index contributed by atoms with van der Waals surface area (Å²) in [6.45, 7) is 6.13. The lowest BCUT2D eigenvalue weighted by molar-refractivity contribution is 0.102. The van der Waals surface area contributed by atoms with Gasteiger partial charge in [-0.25, -0.2) is 14.6 Å². The second-order valence-corrected chi connectivity index (χ2v) is 9.06. The summed E-state index contributed by atoms with van der Waals surface area (Å²) < 4.78 is 1.96. The lowest BCUT2D eigenvalue weighted by atomic mass is 10.0.